The molecule has 1 N–H and O–H groups in total. The molecule has 1 heterocycles. The predicted octanol–water partition coefficient (Wildman–Crippen LogP) is 5.12. The van der Waals surface area contributed by atoms with Crippen molar-refractivity contribution in [3.63, 3.8) is 0 Å². The van der Waals surface area contributed by atoms with Gasteiger partial charge in [-0.2, -0.15) is 0 Å². The summed E-state index contributed by atoms with van der Waals surface area (Å²) in [6, 6.07) is 15.7. The SMILES string of the molecule is COC(=O)c1ccc([C@H](C)NC(=O)c2cc(Cl)cn2Cc2ccc(Cl)cc2)cc1. The molecule has 0 fully saturated rings. The zero-order chi connectivity index (χ0) is 21.0. The Balaban J connectivity index is 1.73. The van der Waals surface area contributed by atoms with Crippen molar-refractivity contribution >= 4 is 35.1 Å². The van der Waals surface area contributed by atoms with Crippen LogP contribution in [-0.4, -0.2) is 23.6 Å². The van der Waals surface area contributed by atoms with Crippen LogP contribution in [0.2, 0.25) is 10.0 Å². The van der Waals surface area contributed by atoms with Gasteiger partial charge in [-0.05, 0) is 48.4 Å². The summed E-state index contributed by atoms with van der Waals surface area (Å²) in [5.41, 5.74) is 2.79. The molecule has 29 heavy (non-hydrogen) atoms. The van der Waals surface area contributed by atoms with Gasteiger partial charge < -0.3 is 14.6 Å². The maximum Gasteiger partial charge on any atom is 0.337 e. The zero-order valence-electron chi connectivity index (χ0n) is 16.0. The number of carbonyl (C=O) groups is 2. The Hall–Kier alpha value is -2.76. The fraction of sp³-hybridized carbons (Fsp3) is 0.182. The van der Waals surface area contributed by atoms with Crippen LogP contribution in [0.5, 0.6) is 0 Å². The minimum atomic E-state index is -0.400. The van der Waals surface area contributed by atoms with Crippen molar-refractivity contribution in [1.29, 1.82) is 0 Å². The third kappa shape index (κ3) is 5.19. The van der Waals surface area contributed by atoms with Gasteiger partial charge in [-0.15, -0.1) is 0 Å². The van der Waals surface area contributed by atoms with Gasteiger partial charge in [-0.3, -0.25) is 4.79 Å². The number of benzene rings is 2. The van der Waals surface area contributed by atoms with Gasteiger partial charge in [0, 0.05) is 17.8 Å². The van der Waals surface area contributed by atoms with Crippen molar-refractivity contribution in [2.45, 2.75) is 19.5 Å². The summed E-state index contributed by atoms with van der Waals surface area (Å²) >= 11 is 12.1. The lowest BCUT2D eigenvalue weighted by molar-refractivity contribution is 0.0600. The predicted molar refractivity (Wildman–Crippen MR) is 114 cm³/mol. The van der Waals surface area contributed by atoms with Crippen molar-refractivity contribution in [1.82, 2.24) is 9.88 Å². The van der Waals surface area contributed by atoms with E-state index in [1.807, 2.05) is 31.2 Å². The van der Waals surface area contributed by atoms with E-state index >= 15 is 0 Å². The summed E-state index contributed by atoms with van der Waals surface area (Å²) in [4.78, 5) is 24.4. The topological polar surface area (TPSA) is 60.3 Å². The Labute approximate surface area is 179 Å². The number of amides is 1. The third-order valence-electron chi connectivity index (χ3n) is 4.54. The molecule has 0 saturated heterocycles. The molecular weight excluding hydrogens is 411 g/mol. The van der Waals surface area contributed by atoms with E-state index in [4.69, 9.17) is 27.9 Å². The number of methoxy groups -OCH3 is 1. The maximum atomic E-state index is 12.8. The molecule has 3 rings (SSSR count). The van der Waals surface area contributed by atoms with Gasteiger partial charge >= 0.3 is 5.97 Å². The molecule has 3 aromatic rings. The van der Waals surface area contributed by atoms with Crippen LogP contribution in [0, 0.1) is 0 Å². The first-order valence-corrected chi connectivity index (χ1v) is 9.72. The van der Waals surface area contributed by atoms with E-state index in [0.717, 1.165) is 11.1 Å². The Morgan fingerprint density at radius 2 is 1.69 bits per heavy atom. The molecule has 150 valence electrons. The third-order valence-corrected chi connectivity index (χ3v) is 5.00. The van der Waals surface area contributed by atoms with E-state index in [0.29, 0.717) is 27.8 Å². The quantitative estimate of drug-likeness (QED) is 0.551. The first-order chi connectivity index (χ1) is 13.9. The second-order valence-corrected chi connectivity index (χ2v) is 7.48. The Bertz CT molecular complexity index is 1010. The molecular formula is C22H20Cl2N2O3. The second kappa shape index (κ2) is 9.16. The van der Waals surface area contributed by atoms with E-state index in [1.54, 1.807) is 41.1 Å². The second-order valence-electron chi connectivity index (χ2n) is 6.61. The Kier molecular flexibility index (Phi) is 6.62. The summed E-state index contributed by atoms with van der Waals surface area (Å²) in [5.74, 6) is -0.640. The van der Waals surface area contributed by atoms with Gasteiger partial charge in [0.15, 0.2) is 0 Å². The number of nitrogens with one attached hydrogen (secondary N) is 1. The molecule has 0 saturated carbocycles. The highest BCUT2D eigenvalue weighted by Gasteiger charge is 2.17. The molecule has 1 atom stereocenters. The number of hydrogen-bond donors (Lipinski definition) is 1. The number of carbonyl (C=O) groups excluding carboxylic acids is 2. The molecule has 0 spiro atoms. The molecule has 0 unspecified atom stereocenters. The molecule has 0 aliphatic heterocycles. The van der Waals surface area contributed by atoms with Crippen LogP contribution in [0.15, 0.2) is 60.8 Å². The summed E-state index contributed by atoms with van der Waals surface area (Å²) in [5, 5.41) is 4.11. The largest absolute Gasteiger partial charge is 0.465 e. The molecule has 1 aromatic heterocycles. The fourth-order valence-electron chi connectivity index (χ4n) is 2.96. The lowest BCUT2D eigenvalue weighted by atomic mass is 10.1. The zero-order valence-corrected chi connectivity index (χ0v) is 17.5. The molecule has 0 bridgehead atoms. The van der Waals surface area contributed by atoms with Crippen LogP contribution in [-0.2, 0) is 11.3 Å². The molecule has 5 nitrogen and oxygen atoms in total. The fourth-order valence-corrected chi connectivity index (χ4v) is 3.31. The molecule has 0 radical (unpaired) electrons. The number of esters is 1. The van der Waals surface area contributed by atoms with E-state index in [1.165, 1.54) is 7.11 Å². The lowest BCUT2D eigenvalue weighted by Gasteiger charge is -2.16. The van der Waals surface area contributed by atoms with Gasteiger partial charge in [-0.25, -0.2) is 4.79 Å². The van der Waals surface area contributed by atoms with Crippen LogP contribution < -0.4 is 5.32 Å². The molecule has 2 aromatic carbocycles. The number of aromatic nitrogens is 1. The van der Waals surface area contributed by atoms with Gasteiger partial charge in [0.2, 0.25) is 0 Å². The van der Waals surface area contributed by atoms with E-state index in [2.05, 4.69) is 5.32 Å². The van der Waals surface area contributed by atoms with Crippen molar-refractivity contribution in [2.24, 2.45) is 0 Å². The van der Waals surface area contributed by atoms with Crippen molar-refractivity contribution in [3.05, 3.63) is 93.2 Å². The molecule has 0 aliphatic rings. The van der Waals surface area contributed by atoms with E-state index < -0.39 is 5.97 Å². The number of ether oxygens (including phenoxy) is 1. The van der Waals surface area contributed by atoms with Gasteiger partial charge in [0.1, 0.15) is 5.69 Å². The monoisotopic (exact) mass is 430 g/mol. The van der Waals surface area contributed by atoms with Gasteiger partial charge in [0.25, 0.3) is 5.91 Å². The first kappa shape index (κ1) is 21.0. The van der Waals surface area contributed by atoms with E-state index in [-0.39, 0.29) is 11.9 Å². The summed E-state index contributed by atoms with van der Waals surface area (Å²) < 4.78 is 6.50. The number of halogens is 2. The Morgan fingerprint density at radius 1 is 1.03 bits per heavy atom. The first-order valence-electron chi connectivity index (χ1n) is 8.96. The molecule has 7 heteroatoms. The number of rotatable bonds is 6. The van der Waals surface area contributed by atoms with Crippen molar-refractivity contribution in [3.8, 4) is 0 Å². The summed E-state index contributed by atoms with van der Waals surface area (Å²) in [6.45, 7) is 2.37. The van der Waals surface area contributed by atoms with Crippen molar-refractivity contribution in [2.75, 3.05) is 7.11 Å². The molecule has 0 aliphatic carbocycles. The van der Waals surface area contributed by atoms with E-state index in [9.17, 15) is 9.59 Å². The maximum absolute atomic E-state index is 12.8. The highest BCUT2D eigenvalue weighted by atomic mass is 35.5. The number of nitrogens with zero attached hydrogens (tertiary/aromatic N) is 1. The Morgan fingerprint density at radius 3 is 2.31 bits per heavy atom. The summed E-state index contributed by atoms with van der Waals surface area (Å²) in [6.07, 6.45) is 1.72. The van der Waals surface area contributed by atoms with Gasteiger partial charge in [-0.1, -0.05) is 47.5 Å². The minimum absolute atomic E-state index is 0.240. The highest BCUT2D eigenvalue weighted by molar-refractivity contribution is 6.31. The van der Waals surface area contributed by atoms with Crippen LogP contribution in [0.25, 0.3) is 0 Å². The smallest absolute Gasteiger partial charge is 0.337 e. The average Bonchev–Trinajstić information content (AvgIpc) is 3.09. The number of hydrogen-bond acceptors (Lipinski definition) is 3. The highest BCUT2D eigenvalue weighted by Crippen LogP contribution is 2.19. The standard InChI is InChI=1S/C22H20Cl2N2O3/c1-14(16-5-7-17(8-6-16)22(28)29-2)25-21(27)20-11-19(24)13-26(20)12-15-3-9-18(23)10-4-15/h3-11,13-14H,12H2,1-2H3,(H,25,27)/t14-/m0/s1. The van der Waals surface area contributed by atoms with Crippen LogP contribution >= 0.6 is 23.2 Å². The van der Waals surface area contributed by atoms with Crippen LogP contribution in [0.1, 0.15) is 44.9 Å². The lowest BCUT2D eigenvalue weighted by Crippen LogP contribution is -2.28. The van der Waals surface area contributed by atoms with Gasteiger partial charge in [0.05, 0.1) is 23.7 Å². The van der Waals surface area contributed by atoms with Crippen LogP contribution in [0.4, 0.5) is 0 Å². The van der Waals surface area contributed by atoms with Crippen molar-refractivity contribution < 1.29 is 14.3 Å². The van der Waals surface area contributed by atoms with Crippen LogP contribution in [0.3, 0.4) is 0 Å². The average molecular weight is 431 g/mol. The summed E-state index contributed by atoms with van der Waals surface area (Å²) in [7, 11) is 1.34. The molecule has 1 amide bonds. The normalized spacial score (nSPS) is 11.7. The minimum Gasteiger partial charge on any atom is -0.465 e.